The average molecular weight is 217 g/mol. The van der Waals surface area contributed by atoms with Crippen LogP contribution in [-0.2, 0) is 0 Å². The standard InChI is InChI=1S/C15H23N/c1-11-10-16-13(3)12(2)15(11,4)14-8-6-5-7-9-14/h14,16H,1-3,5-10H2,4H3. The molecule has 1 aliphatic heterocycles. The van der Waals surface area contributed by atoms with Gasteiger partial charge in [0.1, 0.15) is 0 Å². The van der Waals surface area contributed by atoms with Crippen LogP contribution < -0.4 is 5.32 Å². The van der Waals surface area contributed by atoms with Crippen LogP contribution in [0.2, 0.25) is 0 Å². The molecule has 0 aromatic carbocycles. The SMILES string of the molecule is C=C1NCC(=C)C(C)(C2CCCCC2)C1=C. The Kier molecular flexibility index (Phi) is 2.96. The molecule has 2 aliphatic rings. The van der Waals surface area contributed by atoms with E-state index in [1.165, 1.54) is 37.7 Å². The highest BCUT2D eigenvalue weighted by molar-refractivity contribution is 5.43. The van der Waals surface area contributed by atoms with E-state index >= 15 is 0 Å². The van der Waals surface area contributed by atoms with Crippen LogP contribution in [-0.4, -0.2) is 6.54 Å². The van der Waals surface area contributed by atoms with Gasteiger partial charge in [0.25, 0.3) is 0 Å². The maximum Gasteiger partial charge on any atom is 0.0366 e. The molecule has 1 saturated heterocycles. The first-order valence-corrected chi connectivity index (χ1v) is 6.37. The molecule has 0 spiro atoms. The highest BCUT2D eigenvalue weighted by Gasteiger charge is 2.42. The van der Waals surface area contributed by atoms with Gasteiger partial charge in [0.05, 0.1) is 0 Å². The Morgan fingerprint density at radius 2 is 1.75 bits per heavy atom. The van der Waals surface area contributed by atoms with E-state index in [2.05, 4.69) is 32.0 Å². The average Bonchev–Trinajstić information content (AvgIpc) is 2.33. The molecule has 1 heteroatoms. The summed E-state index contributed by atoms with van der Waals surface area (Å²) in [4.78, 5) is 0. The molecule has 88 valence electrons. The predicted octanol–water partition coefficient (Wildman–Crippen LogP) is 3.80. The van der Waals surface area contributed by atoms with Crippen molar-refractivity contribution in [1.82, 2.24) is 5.32 Å². The van der Waals surface area contributed by atoms with Gasteiger partial charge in [0.2, 0.25) is 0 Å². The second-order valence-electron chi connectivity index (χ2n) is 5.45. The fraction of sp³-hybridized carbons (Fsp3) is 0.600. The molecule has 2 rings (SSSR count). The highest BCUT2D eigenvalue weighted by Crippen LogP contribution is 2.50. The third-order valence-electron chi connectivity index (χ3n) is 4.66. The third kappa shape index (κ3) is 1.63. The topological polar surface area (TPSA) is 12.0 Å². The smallest absolute Gasteiger partial charge is 0.0366 e. The van der Waals surface area contributed by atoms with Crippen LogP contribution in [0.1, 0.15) is 39.0 Å². The van der Waals surface area contributed by atoms with Crippen molar-refractivity contribution in [2.24, 2.45) is 11.3 Å². The van der Waals surface area contributed by atoms with Crippen LogP contribution in [0.25, 0.3) is 0 Å². The lowest BCUT2D eigenvalue weighted by Crippen LogP contribution is -2.42. The summed E-state index contributed by atoms with van der Waals surface area (Å²) in [6, 6.07) is 0. The van der Waals surface area contributed by atoms with E-state index in [0.29, 0.717) is 0 Å². The van der Waals surface area contributed by atoms with Gasteiger partial charge in [0, 0.05) is 17.7 Å². The van der Waals surface area contributed by atoms with Gasteiger partial charge in [-0.05, 0) is 29.9 Å². The first kappa shape index (κ1) is 11.5. The van der Waals surface area contributed by atoms with Gasteiger partial charge in [-0.25, -0.2) is 0 Å². The van der Waals surface area contributed by atoms with E-state index in [1.807, 2.05) is 0 Å². The monoisotopic (exact) mass is 217 g/mol. The van der Waals surface area contributed by atoms with E-state index < -0.39 is 0 Å². The van der Waals surface area contributed by atoms with Crippen molar-refractivity contribution in [2.45, 2.75) is 39.0 Å². The Labute approximate surface area is 99.3 Å². The minimum absolute atomic E-state index is 0.0861. The van der Waals surface area contributed by atoms with Gasteiger partial charge < -0.3 is 5.32 Å². The molecule has 1 atom stereocenters. The van der Waals surface area contributed by atoms with Crippen LogP contribution in [0.3, 0.4) is 0 Å². The zero-order chi connectivity index (χ0) is 11.8. The highest BCUT2D eigenvalue weighted by atomic mass is 14.9. The number of rotatable bonds is 1. The summed E-state index contributed by atoms with van der Waals surface area (Å²) in [6.07, 6.45) is 6.76. The van der Waals surface area contributed by atoms with Crippen molar-refractivity contribution in [3.8, 4) is 0 Å². The molecule has 2 fully saturated rings. The van der Waals surface area contributed by atoms with E-state index in [-0.39, 0.29) is 5.41 Å². The molecule has 0 amide bonds. The molecule has 0 bridgehead atoms. The molecule has 16 heavy (non-hydrogen) atoms. The number of nitrogens with one attached hydrogen (secondary N) is 1. The van der Waals surface area contributed by atoms with Crippen LogP contribution in [0, 0.1) is 11.3 Å². The second kappa shape index (κ2) is 4.12. The first-order chi connectivity index (χ1) is 7.56. The molecule has 0 radical (unpaired) electrons. The van der Waals surface area contributed by atoms with Gasteiger partial charge in [-0.3, -0.25) is 0 Å². The third-order valence-corrected chi connectivity index (χ3v) is 4.66. The second-order valence-corrected chi connectivity index (χ2v) is 5.45. The molecule has 1 saturated carbocycles. The molecular formula is C15H23N. The fourth-order valence-electron chi connectivity index (χ4n) is 3.25. The first-order valence-electron chi connectivity index (χ1n) is 6.37. The lowest BCUT2D eigenvalue weighted by atomic mass is 9.61. The van der Waals surface area contributed by atoms with E-state index in [1.54, 1.807) is 0 Å². The van der Waals surface area contributed by atoms with E-state index in [4.69, 9.17) is 0 Å². The van der Waals surface area contributed by atoms with Crippen molar-refractivity contribution in [3.63, 3.8) is 0 Å². The Bertz CT molecular complexity index is 333. The van der Waals surface area contributed by atoms with Crippen LogP contribution >= 0.6 is 0 Å². The fourth-order valence-corrected chi connectivity index (χ4v) is 3.25. The van der Waals surface area contributed by atoms with Crippen molar-refractivity contribution in [3.05, 3.63) is 36.6 Å². The van der Waals surface area contributed by atoms with Crippen molar-refractivity contribution < 1.29 is 0 Å². The zero-order valence-electron chi connectivity index (χ0n) is 10.4. The maximum absolute atomic E-state index is 4.26. The minimum atomic E-state index is 0.0861. The summed E-state index contributed by atoms with van der Waals surface area (Å²) in [5, 5.41) is 3.28. The van der Waals surface area contributed by atoms with Crippen LogP contribution in [0.15, 0.2) is 36.6 Å². The summed E-state index contributed by atoms with van der Waals surface area (Å²) in [7, 11) is 0. The molecule has 1 heterocycles. The van der Waals surface area contributed by atoms with Gasteiger partial charge >= 0.3 is 0 Å². The lowest BCUT2D eigenvalue weighted by Gasteiger charge is -2.47. The summed E-state index contributed by atoms with van der Waals surface area (Å²) >= 11 is 0. The Hall–Kier alpha value is -0.980. The van der Waals surface area contributed by atoms with Gasteiger partial charge in [0.15, 0.2) is 0 Å². The molecule has 1 N–H and O–H groups in total. The Morgan fingerprint density at radius 3 is 2.38 bits per heavy atom. The van der Waals surface area contributed by atoms with Gasteiger partial charge in [-0.15, -0.1) is 0 Å². The quantitative estimate of drug-likeness (QED) is 0.659. The minimum Gasteiger partial charge on any atom is -0.382 e. The number of piperidine rings is 1. The molecule has 1 unspecified atom stereocenters. The summed E-state index contributed by atoms with van der Waals surface area (Å²) in [5.74, 6) is 0.722. The molecule has 1 aliphatic carbocycles. The normalized spacial score (nSPS) is 32.7. The number of hydrogen-bond donors (Lipinski definition) is 1. The number of allylic oxidation sites excluding steroid dienone is 1. The predicted molar refractivity (Wildman–Crippen MR) is 70.1 cm³/mol. The Balaban J connectivity index is 2.28. The molecule has 0 aromatic heterocycles. The molecular weight excluding hydrogens is 194 g/mol. The molecule has 0 aromatic rings. The zero-order valence-corrected chi connectivity index (χ0v) is 10.4. The largest absolute Gasteiger partial charge is 0.382 e. The van der Waals surface area contributed by atoms with Gasteiger partial charge in [-0.2, -0.15) is 0 Å². The van der Waals surface area contributed by atoms with Crippen molar-refractivity contribution in [1.29, 1.82) is 0 Å². The Morgan fingerprint density at radius 1 is 1.12 bits per heavy atom. The van der Waals surface area contributed by atoms with E-state index in [9.17, 15) is 0 Å². The van der Waals surface area contributed by atoms with E-state index in [0.717, 1.165) is 23.7 Å². The van der Waals surface area contributed by atoms with Gasteiger partial charge in [-0.1, -0.05) is 45.9 Å². The molecule has 1 nitrogen and oxygen atoms in total. The van der Waals surface area contributed by atoms with Crippen LogP contribution in [0.4, 0.5) is 0 Å². The van der Waals surface area contributed by atoms with Crippen molar-refractivity contribution >= 4 is 0 Å². The van der Waals surface area contributed by atoms with Crippen LogP contribution in [0.5, 0.6) is 0 Å². The van der Waals surface area contributed by atoms with Crippen molar-refractivity contribution in [2.75, 3.05) is 6.54 Å². The summed E-state index contributed by atoms with van der Waals surface area (Å²) < 4.78 is 0. The summed E-state index contributed by atoms with van der Waals surface area (Å²) in [6.45, 7) is 15.8. The summed E-state index contributed by atoms with van der Waals surface area (Å²) in [5.41, 5.74) is 3.55. The maximum atomic E-state index is 4.26. The number of hydrogen-bond acceptors (Lipinski definition) is 1. The lowest BCUT2D eigenvalue weighted by molar-refractivity contribution is 0.206.